The summed E-state index contributed by atoms with van der Waals surface area (Å²) in [6.07, 6.45) is 4.32. The minimum Gasteiger partial charge on any atom is -0.308 e. The molecule has 0 aliphatic heterocycles. The predicted octanol–water partition coefficient (Wildman–Crippen LogP) is 2.79. The molecule has 1 aromatic carbocycles. The summed E-state index contributed by atoms with van der Waals surface area (Å²) < 4.78 is 0. The molecule has 0 atom stereocenters. The first-order chi connectivity index (χ1) is 7.31. The molecule has 0 saturated carbocycles. The monoisotopic (exact) mass is 217 g/mol. The van der Waals surface area contributed by atoms with E-state index in [0.29, 0.717) is 10.6 Å². The maximum atomic E-state index is 7.25. The Kier molecular flexibility index (Phi) is 2.74. The van der Waals surface area contributed by atoms with Crippen LogP contribution in [0.4, 0.5) is 0 Å². The molecule has 0 fully saturated rings. The lowest BCUT2D eigenvalue weighted by Gasteiger charge is -2.03. The zero-order valence-electron chi connectivity index (χ0n) is 7.81. The van der Waals surface area contributed by atoms with Crippen LogP contribution >= 0.6 is 11.6 Å². The average molecular weight is 218 g/mol. The second-order valence-corrected chi connectivity index (χ2v) is 3.41. The number of hydrogen-bond acceptors (Lipinski definition) is 3. The third-order valence-electron chi connectivity index (χ3n) is 2.01. The molecule has 1 aromatic heterocycles. The predicted molar refractivity (Wildman–Crippen MR) is 60.4 cm³/mol. The molecule has 0 unspecified atom stereocenters. The fraction of sp³-hybridized carbons (Fsp3) is 0. The maximum absolute atomic E-state index is 7.25. The molecule has 2 aromatic rings. The zero-order chi connectivity index (χ0) is 10.7. The summed E-state index contributed by atoms with van der Waals surface area (Å²) in [7, 11) is 0. The smallest absolute Gasteiger partial charge is 0.116 e. The fourth-order valence-corrected chi connectivity index (χ4v) is 1.42. The van der Waals surface area contributed by atoms with Crippen molar-refractivity contribution in [1.82, 2.24) is 9.97 Å². The van der Waals surface area contributed by atoms with E-state index in [-0.39, 0.29) is 0 Å². The van der Waals surface area contributed by atoms with Gasteiger partial charge in [-0.2, -0.15) is 0 Å². The summed E-state index contributed by atoms with van der Waals surface area (Å²) in [6.45, 7) is 0. The number of nitrogens with one attached hydrogen (secondary N) is 1. The van der Waals surface area contributed by atoms with E-state index < -0.39 is 0 Å². The lowest BCUT2D eigenvalue weighted by Crippen LogP contribution is -1.92. The van der Waals surface area contributed by atoms with Crippen LogP contribution in [0.1, 0.15) is 5.56 Å². The summed E-state index contributed by atoms with van der Waals surface area (Å²) >= 11 is 5.80. The van der Waals surface area contributed by atoms with Crippen molar-refractivity contribution in [3.8, 4) is 11.3 Å². The van der Waals surface area contributed by atoms with Crippen molar-refractivity contribution in [3.63, 3.8) is 0 Å². The Morgan fingerprint density at radius 1 is 1.20 bits per heavy atom. The molecule has 3 nitrogen and oxygen atoms in total. The Labute approximate surface area is 92.3 Å². The maximum Gasteiger partial charge on any atom is 0.116 e. The SMILES string of the molecule is N=Cc1cncnc1-c1ccc(Cl)cc1. The topological polar surface area (TPSA) is 49.6 Å². The van der Waals surface area contributed by atoms with E-state index in [1.54, 1.807) is 18.3 Å². The van der Waals surface area contributed by atoms with Crippen molar-refractivity contribution >= 4 is 17.8 Å². The van der Waals surface area contributed by atoms with Crippen molar-refractivity contribution in [2.75, 3.05) is 0 Å². The van der Waals surface area contributed by atoms with Gasteiger partial charge < -0.3 is 5.41 Å². The second-order valence-electron chi connectivity index (χ2n) is 2.98. The third kappa shape index (κ3) is 2.02. The molecule has 1 N–H and O–H groups in total. The normalized spacial score (nSPS) is 9.93. The minimum atomic E-state index is 0.684. The number of hydrogen-bond donors (Lipinski definition) is 1. The van der Waals surface area contributed by atoms with Gasteiger partial charge in [-0.15, -0.1) is 0 Å². The summed E-state index contributed by atoms with van der Waals surface area (Å²) in [4.78, 5) is 8.01. The van der Waals surface area contributed by atoms with Gasteiger partial charge in [0.2, 0.25) is 0 Å². The molecule has 0 saturated heterocycles. The van der Waals surface area contributed by atoms with Gasteiger partial charge in [-0.25, -0.2) is 9.97 Å². The van der Waals surface area contributed by atoms with Crippen LogP contribution in [-0.2, 0) is 0 Å². The van der Waals surface area contributed by atoms with E-state index in [1.807, 2.05) is 12.1 Å². The average Bonchev–Trinajstić information content (AvgIpc) is 2.30. The quantitative estimate of drug-likeness (QED) is 0.787. The summed E-state index contributed by atoms with van der Waals surface area (Å²) in [5, 5.41) is 7.93. The standard InChI is InChI=1S/C11H8ClN3/c12-10-3-1-8(2-4-10)11-9(5-13)6-14-7-15-11/h1-7,13H. The molecular formula is C11H8ClN3. The molecule has 4 heteroatoms. The van der Waals surface area contributed by atoms with Crippen LogP contribution in [0, 0.1) is 5.41 Å². The second kappa shape index (κ2) is 4.19. The summed E-state index contributed by atoms with van der Waals surface area (Å²) in [5.74, 6) is 0. The Hall–Kier alpha value is -1.74. The Morgan fingerprint density at radius 2 is 1.93 bits per heavy atom. The lowest BCUT2D eigenvalue weighted by atomic mass is 10.1. The third-order valence-corrected chi connectivity index (χ3v) is 2.27. The van der Waals surface area contributed by atoms with Crippen molar-refractivity contribution < 1.29 is 0 Å². The molecule has 2 rings (SSSR count). The first-order valence-electron chi connectivity index (χ1n) is 4.37. The van der Waals surface area contributed by atoms with Gasteiger partial charge in [-0.1, -0.05) is 23.7 Å². The first kappa shape index (κ1) is 9.80. The molecule has 0 bridgehead atoms. The highest BCUT2D eigenvalue weighted by Crippen LogP contribution is 2.21. The number of rotatable bonds is 2. The molecular weight excluding hydrogens is 210 g/mol. The Bertz CT molecular complexity index is 479. The van der Waals surface area contributed by atoms with Gasteiger partial charge in [0.15, 0.2) is 0 Å². The van der Waals surface area contributed by atoms with Crippen LogP contribution in [0.2, 0.25) is 5.02 Å². The largest absolute Gasteiger partial charge is 0.308 e. The Morgan fingerprint density at radius 3 is 2.60 bits per heavy atom. The van der Waals surface area contributed by atoms with Gasteiger partial charge in [-0.05, 0) is 12.1 Å². The van der Waals surface area contributed by atoms with Gasteiger partial charge in [0.1, 0.15) is 6.33 Å². The molecule has 0 radical (unpaired) electrons. The summed E-state index contributed by atoms with van der Waals surface area (Å²) in [5.41, 5.74) is 2.37. The zero-order valence-corrected chi connectivity index (χ0v) is 8.57. The number of halogens is 1. The first-order valence-corrected chi connectivity index (χ1v) is 4.75. The number of benzene rings is 1. The number of nitrogens with zero attached hydrogens (tertiary/aromatic N) is 2. The van der Waals surface area contributed by atoms with Gasteiger partial charge in [0, 0.05) is 28.6 Å². The number of aromatic nitrogens is 2. The minimum absolute atomic E-state index is 0.684. The fourth-order valence-electron chi connectivity index (χ4n) is 1.29. The molecule has 1 heterocycles. The van der Waals surface area contributed by atoms with E-state index in [4.69, 9.17) is 17.0 Å². The van der Waals surface area contributed by atoms with E-state index >= 15 is 0 Å². The molecule has 15 heavy (non-hydrogen) atoms. The van der Waals surface area contributed by atoms with Crippen molar-refractivity contribution in [1.29, 1.82) is 5.41 Å². The van der Waals surface area contributed by atoms with Gasteiger partial charge in [0.05, 0.1) is 5.69 Å². The van der Waals surface area contributed by atoms with Crippen molar-refractivity contribution in [3.05, 3.63) is 47.4 Å². The van der Waals surface area contributed by atoms with E-state index in [0.717, 1.165) is 11.3 Å². The van der Waals surface area contributed by atoms with Crippen molar-refractivity contribution in [2.24, 2.45) is 0 Å². The van der Waals surface area contributed by atoms with Crippen LogP contribution in [0.15, 0.2) is 36.8 Å². The van der Waals surface area contributed by atoms with E-state index in [9.17, 15) is 0 Å². The van der Waals surface area contributed by atoms with Crippen LogP contribution in [0.3, 0.4) is 0 Å². The van der Waals surface area contributed by atoms with Gasteiger partial charge in [-0.3, -0.25) is 0 Å². The van der Waals surface area contributed by atoms with E-state index in [1.165, 1.54) is 12.5 Å². The molecule has 0 aliphatic carbocycles. The highest BCUT2D eigenvalue weighted by molar-refractivity contribution is 6.30. The van der Waals surface area contributed by atoms with Crippen LogP contribution in [-0.4, -0.2) is 16.2 Å². The van der Waals surface area contributed by atoms with Crippen molar-refractivity contribution in [2.45, 2.75) is 0 Å². The molecule has 74 valence electrons. The summed E-state index contributed by atoms with van der Waals surface area (Å²) in [6, 6.07) is 7.34. The highest BCUT2D eigenvalue weighted by atomic mass is 35.5. The van der Waals surface area contributed by atoms with Crippen LogP contribution in [0.25, 0.3) is 11.3 Å². The molecule has 0 aliphatic rings. The Balaban J connectivity index is 2.53. The van der Waals surface area contributed by atoms with Crippen LogP contribution in [0.5, 0.6) is 0 Å². The van der Waals surface area contributed by atoms with Gasteiger partial charge >= 0.3 is 0 Å². The van der Waals surface area contributed by atoms with E-state index in [2.05, 4.69) is 9.97 Å². The van der Waals surface area contributed by atoms with Gasteiger partial charge in [0.25, 0.3) is 0 Å². The molecule has 0 amide bonds. The molecule has 0 spiro atoms. The lowest BCUT2D eigenvalue weighted by molar-refractivity contribution is 1.16. The van der Waals surface area contributed by atoms with Crippen LogP contribution < -0.4 is 0 Å². The highest BCUT2D eigenvalue weighted by Gasteiger charge is 2.03.